The second-order valence-corrected chi connectivity index (χ2v) is 8.13. The molecule has 1 N–H and O–H groups in total. The van der Waals surface area contributed by atoms with Gasteiger partial charge in [0, 0.05) is 23.2 Å². The Bertz CT molecular complexity index is 1040. The fourth-order valence-electron chi connectivity index (χ4n) is 2.96. The van der Waals surface area contributed by atoms with E-state index in [0.717, 1.165) is 24.8 Å². The summed E-state index contributed by atoms with van der Waals surface area (Å²) in [6, 6.07) is 14.3. The average molecular weight is 382 g/mol. The van der Waals surface area contributed by atoms with Crippen molar-refractivity contribution in [2.24, 2.45) is 0 Å². The number of fused-ring (bicyclic) bond motifs is 1. The van der Waals surface area contributed by atoms with Crippen LogP contribution in [0.2, 0.25) is 0 Å². The SMILES string of the molecule is CCCCc1ccc(CC(=O)NS(=O)(=O)c2cccc3cnccc23)cc1. The highest BCUT2D eigenvalue weighted by Gasteiger charge is 2.20. The number of nitrogens with one attached hydrogen (secondary N) is 1. The third-order valence-electron chi connectivity index (χ3n) is 4.39. The van der Waals surface area contributed by atoms with Crippen molar-refractivity contribution in [1.82, 2.24) is 9.71 Å². The molecule has 1 heterocycles. The van der Waals surface area contributed by atoms with Gasteiger partial charge in [-0.15, -0.1) is 0 Å². The predicted molar refractivity (Wildman–Crippen MR) is 106 cm³/mol. The van der Waals surface area contributed by atoms with Crippen molar-refractivity contribution in [3.05, 3.63) is 72.1 Å². The number of rotatable bonds is 7. The van der Waals surface area contributed by atoms with E-state index >= 15 is 0 Å². The van der Waals surface area contributed by atoms with Crippen LogP contribution in [0.4, 0.5) is 0 Å². The van der Waals surface area contributed by atoms with E-state index in [1.165, 1.54) is 17.8 Å². The number of hydrogen-bond acceptors (Lipinski definition) is 4. The molecule has 1 aromatic heterocycles. The van der Waals surface area contributed by atoms with Gasteiger partial charge < -0.3 is 0 Å². The number of nitrogens with zero attached hydrogens (tertiary/aromatic N) is 1. The summed E-state index contributed by atoms with van der Waals surface area (Å²) >= 11 is 0. The number of unbranched alkanes of at least 4 members (excludes halogenated alkanes) is 1. The number of hydrogen-bond donors (Lipinski definition) is 1. The van der Waals surface area contributed by atoms with E-state index in [9.17, 15) is 13.2 Å². The van der Waals surface area contributed by atoms with Crippen molar-refractivity contribution in [3.63, 3.8) is 0 Å². The molecule has 0 saturated heterocycles. The molecule has 1 amide bonds. The van der Waals surface area contributed by atoms with E-state index in [4.69, 9.17) is 0 Å². The van der Waals surface area contributed by atoms with Crippen LogP contribution >= 0.6 is 0 Å². The molecule has 0 fully saturated rings. The molecular formula is C21H22N2O3S. The summed E-state index contributed by atoms with van der Waals surface area (Å²) in [6.07, 6.45) is 6.40. The summed E-state index contributed by atoms with van der Waals surface area (Å²) in [6.45, 7) is 2.14. The number of aryl methyl sites for hydroxylation is 1. The van der Waals surface area contributed by atoms with Crippen LogP contribution in [0.1, 0.15) is 30.9 Å². The van der Waals surface area contributed by atoms with Gasteiger partial charge in [-0.25, -0.2) is 13.1 Å². The number of sulfonamides is 1. The Labute approximate surface area is 159 Å². The van der Waals surface area contributed by atoms with Crippen molar-refractivity contribution in [2.75, 3.05) is 0 Å². The topological polar surface area (TPSA) is 76.1 Å². The van der Waals surface area contributed by atoms with Crippen LogP contribution in [0.5, 0.6) is 0 Å². The number of amides is 1. The van der Waals surface area contributed by atoms with E-state index in [2.05, 4.69) is 16.6 Å². The Morgan fingerprint density at radius 2 is 1.78 bits per heavy atom. The highest BCUT2D eigenvalue weighted by Crippen LogP contribution is 2.21. The van der Waals surface area contributed by atoms with Crippen molar-refractivity contribution in [3.8, 4) is 0 Å². The first-order valence-electron chi connectivity index (χ1n) is 8.96. The largest absolute Gasteiger partial charge is 0.274 e. The minimum absolute atomic E-state index is 0.0135. The normalized spacial score (nSPS) is 11.4. The Balaban J connectivity index is 1.73. The first kappa shape index (κ1) is 19.0. The molecule has 0 atom stereocenters. The summed E-state index contributed by atoms with van der Waals surface area (Å²) in [7, 11) is -3.95. The third kappa shape index (κ3) is 4.71. The molecule has 2 aromatic carbocycles. The molecule has 3 aromatic rings. The second kappa shape index (κ2) is 8.31. The Kier molecular flexibility index (Phi) is 5.86. The molecule has 3 rings (SSSR count). The van der Waals surface area contributed by atoms with Gasteiger partial charge >= 0.3 is 0 Å². The standard InChI is InChI=1S/C21H22N2O3S/c1-2-3-5-16-8-10-17(11-9-16)14-21(24)23-27(25,26)20-7-4-6-18-15-22-13-12-19(18)20/h4,6-13,15H,2-3,5,14H2,1H3,(H,23,24). The second-order valence-electron chi connectivity index (χ2n) is 6.48. The molecule has 0 aliphatic carbocycles. The summed E-state index contributed by atoms with van der Waals surface area (Å²) in [5, 5.41) is 1.24. The molecule has 0 spiro atoms. The smallest absolute Gasteiger partial charge is 0.264 e. The molecular weight excluding hydrogens is 360 g/mol. The summed E-state index contributed by atoms with van der Waals surface area (Å²) < 4.78 is 27.5. The van der Waals surface area contributed by atoms with Gasteiger partial charge in [0.15, 0.2) is 0 Å². The summed E-state index contributed by atoms with van der Waals surface area (Å²) in [5.41, 5.74) is 2.00. The zero-order chi connectivity index (χ0) is 19.3. The van der Waals surface area contributed by atoms with Crippen LogP contribution in [0.25, 0.3) is 10.8 Å². The minimum Gasteiger partial charge on any atom is -0.274 e. The maximum absolute atomic E-state index is 12.7. The monoisotopic (exact) mass is 382 g/mol. The highest BCUT2D eigenvalue weighted by atomic mass is 32.2. The molecule has 0 saturated carbocycles. The molecule has 0 aliphatic heterocycles. The first-order valence-corrected chi connectivity index (χ1v) is 10.4. The van der Waals surface area contributed by atoms with E-state index in [-0.39, 0.29) is 11.3 Å². The van der Waals surface area contributed by atoms with Crippen LogP contribution in [0.3, 0.4) is 0 Å². The molecule has 5 nitrogen and oxygen atoms in total. The number of carbonyl (C=O) groups is 1. The maximum Gasteiger partial charge on any atom is 0.264 e. The van der Waals surface area contributed by atoms with Gasteiger partial charge in [0.25, 0.3) is 10.0 Å². The van der Waals surface area contributed by atoms with Gasteiger partial charge in [0.2, 0.25) is 5.91 Å². The van der Waals surface area contributed by atoms with Crippen LogP contribution in [-0.2, 0) is 27.7 Å². The molecule has 27 heavy (non-hydrogen) atoms. The average Bonchev–Trinajstić information content (AvgIpc) is 2.66. The van der Waals surface area contributed by atoms with Gasteiger partial charge in [-0.1, -0.05) is 49.7 Å². The predicted octanol–water partition coefficient (Wildman–Crippen LogP) is 3.63. The highest BCUT2D eigenvalue weighted by molar-refractivity contribution is 7.90. The fraction of sp³-hybridized carbons (Fsp3) is 0.238. The molecule has 0 aliphatic rings. The number of benzene rings is 2. The maximum atomic E-state index is 12.7. The van der Waals surface area contributed by atoms with Crippen molar-refractivity contribution in [2.45, 2.75) is 37.5 Å². The lowest BCUT2D eigenvalue weighted by Gasteiger charge is -2.10. The zero-order valence-corrected chi connectivity index (χ0v) is 16.0. The van der Waals surface area contributed by atoms with Crippen LogP contribution in [0.15, 0.2) is 65.8 Å². The first-order chi connectivity index (χ1) is 13.0. The lowest BCUT2D eigenvalue weighted by Crippen LogP contribution is -2.31. The van der Waals surface area contributed by atoms with Crippen molar-refractivity contribution < 1.29 is 13.2 Å². The van der Waals surface area contributed by atoms with E-state index in [1.807, 2.05) is 24.3 Å². The Morgan fingerprint density at radius 1 is 1.04 bits per heavy atom. The molecule has 0 bridgehead atoms. The van der Waals surface area contributed by atoms with Gasteiger partial charge in [0.05, 0.1) is 11.3 Å². The summed E-state index contributed by atoms with van der Waals surface area (Å²) in [4.78, 5) is 16.4. The number of carbonyl (C=O) groups excluding carboxylic acids is 1. The van der Waals surface area contributed by atoms with Gasteiger partial charge in [0.1, 0.15) is 0 Å². The number of pyridine rings is 1. The lowest BCUT2D eigenvalue weighted by atomic mass is 10.0. The zero-order valence-electron chi connectivity index (χ0n) is 15.2. The van der Waals surface area contributed by atoms with Crippen molar-refractivity contribution >= 4 is 26.7 Å². The van der Waals surface area contributed by atoms with Crippen LogP contribution in [0, 0.1) is 0 Å². The van der Waals surface area contributed by atoms with Crippen LogP contribution < -0.4 is 4.72 Å². The van der Waals surface area contributed by atoms with Crippen LogP contribution in [-0.4, -0.2) is 19.3 Å². The Morgan fingerprint density at radius 3 is 2.52 bits per heavy atom. The number of aromatic nitrogens is 1. The molecule has 0 unspecified atom stereocenters. The molecule has 0 radical (unpaired) electrons. The van der Waals surface area contributed by atoms with Gasteiger partial charge in [-0.3, -0.25) is 9.78 Å². The minimum atomic E-state index is -3.95. The third-order valence-corrected chi connectivity index (χ3v) is 5.82. The van der Waals surface area contributed by atoms with E-state index in [1.54, 1.807) is 24.4 Å². The molecule has 6 heteroatoms. The lowest BCUT2D eigenvalue weighted by molar-refractivity contribution is -0.118. The fourth-order valence-corrected chi connectivity index (χ4v) is 4.17. The molecule has 140 valence electrons. The summed E-state index contributed by atoms with van der Waals surface area (Å²) in [5.74, 6) is -0.553. The van der Waals surface area contributed by atoms with Gasteiger partial charge in [-0.2, -0.15) is 0 Å². The van der Waals surface area contributed by atoms with Crippen molar-refractivity contribution in [1.29, 1.82) is 0 Å². The van der Waals surface area contributed by atoms with E-state index < -0.39 is 15.9 Å². The van der Waals surface area contributed by atoms with E-state index in [0.29, 0.717) is 10.8 Å². The van der Waals surface area contributed by atoms with Gasteiger partial charge in [-0.05, 0) is 36.1 Å². The Hall–Kier alpha value is -2.73. The quantitative estimate of drug-likeness (QED) is 0.677.